The summed E-state index contributed by atoms with van der Waals surface area (Å²) in [4.78, 5) is 87.2. The fourth-order valence-corrected chi connectivity index (χ4v) is 12.7. The van der Waals surface area contributed by atoms with Crippen LogP contribution in [0.1, 0.15) is 146 Å². The highest BCUT2D eigenvalue weighted by atomic mass is 28.4. The zero-order chi connectivity index (χ0) is 58.8. The van der Waals surface area contributed by atoms with Crippen molar-refractivity contribution in [3.8, 4) is 0 Å². The van der Waals surface area contributed by atoms with E-state index in [1.807, 2.05) is 84.6 Å². The van der Waals surface area contributed by atoms with Crippen molar-refractivity contribution in [1.82, 2.24) is 4.90 Å². The van der Waals surface area contributed by atoms with Crippen LogP contribution in [0.3, 0.4) is 0 Å². The minimum absolute atomic E-state index is 0.0309. The number of ether oxygens (including phenoxy) is 7. The summed E-state index contributed by atoms with van der Waals surface area (Å²) >= 11 is 0. The molecule has 446 valence electrons. The number of fused-ring (bicyclic) bond motifs is 3. The predicted octanol–water partition coefficient (Wildman–Crippen LogP) is 8.73. The largest absolute Gasteiger partial charge is 0.460 e. The van der Waals surface area contributed by atoms with Gasteiger partial charge >= 0.3 is 11.9 Å². The van der Waals surface area contributed by atoms with Gasteiger partial charge in [-0.15, -0.1) is 0 Å². The molecule has 0 aromatic rings. The highest BCUT2D eigenvalue weighted by Gasteiger charge is 2.53. The van der Waals surface area contributed by atoms with E-state index in [0.29, 0.717) is 63.4 Å². The van der Waals surface area contributed by atoms with E-state index >= 15 is 0 Å². The summed E-state index contributed by atoms with van der Waals surface area (Å²) in [7, 11) is 0.746. The summed E-state index contributed by atoms with van der Waals surface area (Å²) in [6, 6.07) is -1.19. The van der Waals surface area contributed by atoms with E-state index < -0.39 is 121 Å². The van der Waals surface area contributed by atoms with Crippen molar-refractivity contribution < 1.29 is 76.6 Å². The number of esters is 2. The Morgan fingerprint density at radius 3 is 2.16 bits per heavy atom. The van der Waals surface area contributed by atoms with Gasteiger partial charge in [-0.05, 0) is 147 Å². The summed E-state index contributed by atoms with van der Waals surface area (Å²) in [5.41, 5.74) is 0.486. The van der Waals surface area contributed by atoms with Crippen molar-refractivity contribution in [3.05, 3.63) is 47.6 Å². The zero-order valence-corrected chi connectivity index (χ0v) is 51.2. The van der Waals surface area contributed by atoms with Gasteiger partial charge in [-0.2, -0.15) is 0 Å². The van der Waals surface area contributed by atoms with Crippen LogP contribution >= 0.6 is 0 Å². The molecule has 2 N–H and O–H groups in total. The zero-order valence-electron chi connectivity index (χ0n) is 50.2. The summed E-state index contributed by atoms with van der Waals surface area (Å²) in [6.45, 7) is 24.7. The molecular weight excluding hydrogens is 1030 g/mol. The van der Waals surface area contributed by atoms with Gasteiger partial charge in [-0.3, -0.25) is 24.0 Å². The summed E-state index contributed by atoms with van der Waals surface area (Å²) in [5, 5.41) is 23.5. The molecule has 5 rings (SSSR count). The van der Waals surface area contributed by atoms with Crippen LogP contribution < -0.4 is 0 Å². The number of hydrogen-bond acceptors (Lipinski definition) is 16. The number of nitrogens with zero attached hydrogens (tertiary/aromatic N) is 1. The highest BCUT2D eigenvalue weighted by Crippen LogP contribution is 2.39. The van der Waals surface area contributed by atoms with Crippen LogP contribution in [-0.2, 0) is 66.4 Å². The van der Waals surface area contributed by atoms with Crippen molar-refractivity contribution in [3.63, 3.8) is 0 Å². The average molecular weight is 1130 g/mol. The Balaban J connectivity index is 1.47. The van der Waals surface area contributed by atoms with Crippen LogP contribution in [0.15, 0.2) is 47.6 Å². The molecule has 0 radical (unpaired) electrons. The summed E-state index contributed by atoms with van der Waals surface area (Å²) in [5.74, 6) is -9.53. The lowest BCUT2D eigenvalue weighted by Crippen LogP contribution is -2.61. The van der Waals surface area contributed by atoms with Crippen LogP contribution in [0.25, 0.3) is 0 Å². The number of cyclic esters (lactones) is 1. The molecule has 4 heterocycles. The molecule has 0 aromatic carbocycles. The van der Waals surface area contributed by atoms with Gasteiger partial charge in [0.05, 0.1) is 37.6 Å². The average Bonchev–Trinajstić information content (AvgIpc) is 3.39. The maximum Gasteiger partial charge on any atom is 0.329 e. The Morgan fingerprint density at radius 1 is 0.848 bits per heavy atom. The van der Waals surface area contributed by atoms with Crippen LogP contribution in [0.4, 0.5) is 0 Å². The van der Waals surface area contributed by atoms with E-state index in [1.54, 1.807) is 47.8 Å². The number of carbonyl (C=O) groups is 6. The molecule has 4 fully saturated rings. The first-order valence-corrected chi connectivity index (χ1v) is 32.5. The smallest absolute Gasteiger partial charge is 0.329 e. The topological polar surface area (TPSA) is 220 Å². The number of aliphatic hydroxyl groups excluding tert-OH is 1. The van der Waals surface area contributed by atoms with Gasteiger partial charge in [0, 0.05) is 51.4 Å². The van der Waals surface area contributed by atoms with Crippen molar-refractivity contribution in [1.29, 1.82) is 0 Å². The number of allylic oxidation sites excluding steroid dienone is 6. The van der Waals surface area contributed by atoms with Crippen LogP contribution in [0, 0.1) is 40.9 Å². The number of methoxy groups -OCH3 is 2. The quantitative estimate of drug-likeness (QED) is 0.0954. The lowest BCUT2D eigenvalue weighted by molar-refractivity contribution is -0.283. The van der Waals surface area contributed by atoms with E-state index in [0.717, 1.165) is 5.57 Å². The van der Waals surface area contributed by atoms with Crippen molar-refractivity contribution >= 4 is 43.5 Å². The monoisotopic (exact) mass is 1130 g/mol. The normalized spacial score (nSPS) is 36.9. The first-order valence-electron chi connectivity index (χ1n) is 29.0. The van der Waals surface area contributed by atoms with Gasteiger partial charge < -0.3 is 52.7 Å². The molecule has 79 heavy (non-hydrogen) atoms. The summed E-state index contributed by atoms with van der Waals surface area (Å²) in [6.07, 6.45) is 10.4. The van der Waals surface area contributed by atoms with Crippen LogP contribution in [-0.4, -0.2) is 153 Å². The molecule has 15 atom stereocenters. The molecule has 4 aliphatic heterocycles. The second kappa shape index (κ2) is 28.5. The molecule has 0 aromatic heterocycles. The highest BCUT2D eigenvalue weighted by molar-refractivity contribution is 6.69. The van der Waals surface area contributed by atoms with E-state index in [9.17, 15) is 39.0 Å². The standard InChI is InChI=1S/C61H97NO16Si/c1-37-21-17-16-18-22-38(2)50(71-11)33-45-26-24-43(7)61(70,77-45)55(66)56(67)62-28-20-19-23-46(62)57(68)75-51(34-47(63)39(3)30-42(6)53(78-79(13,14)15)54(72-12)52(65)41(5)29-37)40(4)31-44-25-27-49(48(64)32-44)76-58(69)60(10)35-73-59(8,9)74-36-60/h16-18,21-22,30,37,39-41,43-46,48-51,53-54,64,70H,19-20,23-29,31-36H2,1-15H3/b18-16?,21-17+,38-22?,42-30+/t37-,39-,40?,41-,43-,44+,45+,46+,48-,49-,50+,51+,53-,54+,61-/m1/s1. The molecular formula is C61H97NO16Si. The SMILES string of the molecule is CO[C@H]1C[C@@H]2CC[C@@H](C)[C@@](O)(O2)C(=O)C(=O)N2CCCC[C@H]2C(=O)O[C@H](C(C)C[C@@H]2CC[C@@H](OC(=O)C3(C)COC(C)(C)OC3)[C@H](O)C2)CC(=O)[C@H](C)/C=C(\C)[C@@H](O[Si](C)(C)C)[C@@H](OC)C(=O)[C@H](C)C[C@H](C)/C=C/C=CC=C1C. The minimum atomic E-state index is -2.46. The van der Waals surface area contributed by atoms with E-state index in [1.165, 1.54) is 12.0 Å². The maximum atomic E-state index is 14.7. The van der Waals surface area contributed by atoms with Crippen molar-refractivity contribution in [2.75, 3.05) is 34.0 Å². The van der Waals surface area contributed by atoms with Gasteiger partial charge in [0.2, 0.25) is 5.79 Å². The molecule has 1 saturated carbocycles. The molecule has 1 aliphatic carbocycles. The number of hydrogen-bond donors (Lipinski definition) is 2. The minimum Gasteiger partial charge on any atom is -0.460 e. The first-order chi connectivity index (χ1) is 36.9. The van der Waals surface area contributed by atoms with E-state index in [2.05, 4.69) is 0 Å². The molecule has 18 heteroatoms. The number of amides is 1. The Morgan fingerprint density at radius 2 is 1.53 bits per heavy atom. The molecule has 1 unspecified atom stereocenters. The Bertz CT molecular complexity index is 2240. The van der Waals surface area contributed by atoms with Crippen molar-refractivity contribution in [2.24, 2.45) is 40.9 Å². The number of Topliss-reactive ketones (excluding diaryl/α,β-unsaturated/α-hetero) is 3. The third-order valence-corrected chi connectivity index (χ3v) is 17.8. The molecule has 17 nitrogen and oxygen atoms in total. The fourth-order valence-electron chi connectivity index (χ4n) is 11.7. The molecule has 5 aliphatic rings. The van der Waals surface area contributed by atoms with Gasteiger partial charge in [-0.25, -0.2) is 4.79 Å². The lowest BCUT2D eigenvalue weighted by atomic mass is 9.78. The fraction of sp³-hybridized carbons (Fsp3) is 0.770. The second-order valence-corrected chi connectivity index (χ2v) is 30.0. The number of carbonyl (C=O) groups excluding carboxylic acids is 6. The molecule has 2 bridgehead atoms. The number of aliphatic hydroxyl groups is 2. The predicted molar refractivity (Wildman–Crippen MR) is 301 cm³/mol. The summed E-state index contributed by atoms with van der Waals surface area (Å²) < 4.78 is 48.6. The Kier molecular flexibility index (Phi) is 23.8. The number of rotatable bonds is 9. The van der Waals surface area contributed by atoms with E-state index in [4.69, 9.17) is 37.6 Å². The molecule has 1 amide bonds. The number of piperidine rings is 1. The van der Waals surface area contributed by atoms with Gasteiger partial charge in [0.1, 0.15) is 35.6 Å². The van der Waals surface area contributed by atoms with Gasteiger partial charge in [0.15, 0.2) is 19.9 Å². The number of ketones is 3. The van der Waals surface area contributed by atoms with Crippen LogP contribution in [0.2, 0.25) is 19.6 Å². The lowest BCUT2D eigenvalue weighted by Gasteiger charge is -2.42. The Hall–Kier alpha value is -3.72. The first kappa shape index (κ1) is 66.1. The Labute approximate surface area is 472 Å². The van der Waals surface area contributed by atoms with Gasteiger partial charge in [-0.1, -0.05) is 71.1 Å². The van der Waals surface area contributed by atoms with E-state index in [-0.39, 0.29) is 62.4 Å². The van der Waals surface area contributed by atoms with Crippen molar-refractivity contribution in [2.45, 2.75) is 226 Å². The third-order valence-electron chi connectivity index (χ3n) is 16.9. The molecule has 3 saturated heterocycles. The van der Waals surface area contributed by atoms with Crippen LogP contribution in [0.5, 0.6) is 0 Å². The van der Waals surface area contributed by atoms with Gasteiger partial charge in [0.25, 0.3) is 11.7 Å². The third kappa shape index (κ3) is 17.9. The second-order valence-electron chi connectivity index (χ2n) is 25.5. The maximum absolute atomic E-state index is 14.7. The molecule has 0 spiro atoms.